The third-order valence-corrected chi connectivity index (χ3v) is 1.19. The van der Waals surface area contributed by atoms with Crippen LogP contribution in [0.2, 0.25) is 0 Å². The van der Waals surface area contributed by atoms with Crippen molar-refractivity contribution in [1.29, 1.82) is 0 Å². The molecule has 1 atom stereocenters. The normalized spacial score (nSPS) is 23.7. The summed E-state index contributed by atoms with van der Waals surface area (Å²) in [6.07, 6.45) is 5.77. The Labute approximate surface area is 58.6 Å². The molecule has 1 N–H and O–H groups in total. The maximum atomic E-state index is 10.8. The van der Waals surface area contributed by atoms with Crippen molar-refractivity contribution in [2.45, 2.75) is 6.10 Å². The molecule has 10 heavy (non-hydrogen) atoms. The fraction of sp³-hybridized carbons (Fsp3) is 0.286. The first kappa shape index (κ1) is 7.18. The van der Waals surface area contributed by atoms with Gasteiger partial charge < -0.3 is 9.84 Å². The maximum Gasteiger partial charge on any atom is 0.188 e. The zero-order chi connectivity index (χ0) is 7.40. The first-order valence-electron chi connectivity index (χ1n) is 2.96. The second-order valence-corrected chi connectivity index (χ2v) is 1.86. The highest BCUT2D eigenvalue weighted by Crippen LogP contribution is 2.02. The number of aliphatic hydroxyl groups is 1. The van der Waals surface area contributed by atoms with E-state index in [2.05, 4.69) is 4.74 Å². The minimum absolute atomic E-state index is 0.128. The molecule has 0 spiro atoms. The van der Waals surface area contributed by atoms with Crippen LogP contribution in [0.4, 0.5) is 0 Å². The van der Waals surface area contributed by atoms with Crippen molar-refractivity contribution in [2.75, 3.05) is 6.79 Å². The molecule has 54 valence electrons. The fourth-order valence-corrected chi connectivity index (χ4v) is 0.723. The molecule has 0 saturated carbocycles. The molecule has 1 unspecified atom stereocenters. The van der Waals surface area contributed by atoms with Crippen molar-refractivity contribution < 1.29 is 14.6 Å². The van der Waals surface area contributed by atoms with Crippen LogP contribution in [0.5, 0.6) is 0 Å². The predicted octanol–water partition coefficient (Wildman–Crippen LogP) is 0.0165. The zero-order valence-corrected chi connectivity index (χ0v) is 5.36. The number of ketones is 1. The Bertz CT molecular complexity index is 181. The Balaban J connectivity index is 2.53. The average molecular weight is 140 g/mol. The Morgan fingerprint density at radius 3 is 3.00 bits per heavy atom. The molecule has 0 radical (unpaired) electrons. The van der Waals surface area contributed by atoms with Gasteiger partial charge in [-0.25, -0.2) is 0 Å². The zero-order valence-electron chi connectivity index (χ0n) is 5.36. The second kappa shape index (κ2) is 3.29. The van der Waals surface area contributed by atoms with E-state index >= 15 is 0 Å². The van der Waals surface area contributed by atoms with E-state index in [0.29, 0.717) is 0 Å². The molecular weight excluding hydrogens is 132 g/mol. The summed E-state index contributed by atoms with van der Waals surface area (Å²) in [6.45, 7) is -0.422. The third kappa shape index (κ3) is 1.52. The topological polar surface area (TPSA) is 46.5 Å². The molecule has 1 aliphatic rings. The highest BCUT2D eigenvalue weighted by molar-refractivity contribution is 5.96. The minimum Gasteiger partial charge on any atom is -0.371 e. The van der Waals surface area contributed by atoms with Gasteiger partial charge in [-0.05, 0) is 12.2 Å². The number of hydrogen-bond donors (Lipinski definition) is 1. The summed E-state index contributed by atoms with van der Waals surface area (Å²) >= 11 is 0. The minimum atomic E-state index is -0.588. The molecule has 0 saturated heterocycles. The lowest BCUT2D eigenvalue weighted by atomic mass is 10.1. The van der Waals surface area contributed by atoms with Crippen LogP contribution in [0.1, 0.15) is 0 Å². The van der Waals surface area contributed by atoms with Crippen LogP contribution in [-0.2, 0) is 9.53 Å². The van der Waals surface area contributed by atoms with Gasteiger partial charge in [-0.15, -0.1) is 0 Å². The summed E-state index contributed by atoms with van der Waals surface area (Å²) in [7, 11) is 0. The number of hydrogen-bond acceptors (Lipinski definition) is 3. The summed E-state index contributed by atoms with van der Waals surface area (Å²) in [5.74, 6) is -0.128. The summed E-state index contributed by atoms with van der Waals surface area (Å²) in [5.41, 5.74) is 0. The first-order chi connectivity index (χ1) is 4.84. The number of carbonyl (C=O) groups is 1. The predicted molar refractivity (Wildman–Crippen MR) is 35.2 cm³/mol. The molecule has 3 heteroatoms. The SMILES string of the molecule is O=C1C=CC=CC1OCO. The maximum absolute atomic E-state index is 10.8. The van der Waals surface area contributed by atoms with Gasteiger partial charge in [-0.1, -0.05) is 12.2 Å². The largest absolute Gasteiger partial charge is 0.371 e. The smallest absolute Gasteiger partial charge is 0.188 e. The van der Waals surface area contributed by atoms with Crippen molar-refractivity contribution in [2.24, 2.45) is 0 Å². The number of ether oxygens (including phenoxy) is 1. The van der Waals surface area contributed by atoms with E-state index in [1.165, 1.54) is 6.08 Å². The van der Waals surface area contributed by atoms with Gasteiger partial charge in [0, 0.05) is 0 Å². The summed E-state index contributed by atoms with van der Waals surface area (Å²) < 4.78 is 4.66. The van der Waals surface area contributed by atoms with Gasteiger partial charge in [0.2, 0.25) is 0 Å². The Morgan fingerprint density at radius 1 is 1.60 bits per heavy atom. The van der Waals surface area contributed by atoms with E-state index in [4.69, 9.17) is 5.11 Å². The number of allylic oxidation sites excluding steroid dienone is 2. The van der Waals surface area contributed by atoms with Gasteiger partial charge in [0.25, 0.3) is 0 Å². The van der Waals surface area contributed by atoms with E-state index in [0.717, 1.165) is 0 Å². The molecule has 1 rings (SSSR count). The van der Waals surface area contributed by atoms with Crippen LogP contribution in [0.25, 0.3) is 0 Å². The van der Waals surface area contributed by atoms with Gasteiger partial charge in [-0.2, -0.15) is 0 Å². The molecule has 0 fully saturated rings. The van der Waals surface area contributed by atoms with Crippen molar-refractivity contribution >= 4 is 5.78 Å². The molecule has 1 aliphatic carbocycles. The summed E-state index contributed by atoms with van der Waals surface area (Å²) in [6, 6.07) is 0. The van der Waals surface area contributed by atoms with Crippen molar-refractivity contribution in [3.05, 3.63) is 24.3 Å². The van der Waals surface area contributed by atoms with Crippen LogP contribution in [0.3, 0.4) is 0 Å². The molecular formula is C7H8O3. The van der Waals surface area contributed by atoms with E-state index in [9.17, 15) is 4.79 Å². The number of rotatable bonds is 2. The van der Waals surface area contributed by atoms with Gasteiger partial charge in [0.1, 0.15) is 12.9 Å². The van der Waals surface area contributed by atoms with Crippen molar-refractivity contribution in [3.8, 4) is 0 Å². The molecule has 0 aromatic rings. The van der Waals surface area contributed by atoms with Crippen molar-refractivity contribution in [3.63, 3.8) is 0 Å². The van der Waals surface area contributed by atoms with Crippen LogP contribution < -0.4 is 0 Å². The molecule has 0 aromatic heterocycles. The fourth-order valence-electron chi connectivity index (χ4n) is 0.723. The Hall–Kier alpha value is -0.930. The quantitative estimate of drug-likeness (QED) is 0.550. The lowest BCUT2D eigenvalue weighted by molar-refractivity contribution is -0.128. The van der Waals surface area contributed by atoms with Gasteiger partial charge in [-0.3, -0.25) is 4.79 Å². The lowest BCUT2D eigenvalue weighted by Crippen LogP contribution is -2.21. The van der Waals surface area contributed by atoms with E-state index in [1.807, 2.05) is 0 Å². The highest BCUT2D eigenvalue weighted by Gasteiger charge is 2.13. The average Bonchev–Trinajstić information content (AvgIpc) is 1.94. The van der Waals surface area contributed by atoms with Gasteiger partial charge in [0.15, 0.2) is 5.78 Å². The van der Waals surface area contributed by atoms with Gasteiger partial charge >= 0.3 is 0 Å². The first-order valence-corrected chi connectivity index (χ1v) is 2.96. The number of aliphatic hydroxyl groups excluding tert-OH is 1. The second-order valence-electron chi connectivity index (χ2n) is 1.86. The molecule has 0 amide bonds. The summed E-state index contributed by atoms with van der Waals surface area (Å²) in [4.78, 5) is 10.8. The van der Waals surface area contributed by atoms with Crippen LogP contribution in [-0.4, -0.2) is 23.8 Å². The van der Waals surface area contributed by atoms with Crippen LogP contribution >= 0.6 is 0 Å². The number of carbonyl (C=O) groups excluding carboxylic acids is 1. The third-order valence-electron chi connectivity index (χ3n) is 1.19. The lowest BCUT2D eigenvalue weighted by Gasteiger charge is -2.09. The standard InChI is InChI=1S/C7H8O3/c8-5-10-7-4-2-1-3-6(7)9/h1-4,7-8H,5H2. The van der Waals surface area contributed by atoms with Gasteiger partial charge in [0.05, 0.1) is 0 Å². The van der Waals surface area contributed by atoms with Crippen LogP contribution in [0.15, 0.2) is 24.3 Å². The van der Waals surface area contributed by atoms with E-state index in [-0.39, 0.29) is 5.78 Å². The van der Waals surface area contributed by atoms with Crippen LogP contribution in [0, 0.1) is 0 Å². The Kier molecular flexibility index (Phi) is 2.36. The summed E-state index contributed by atoms with van der Waals surface area (Å²) in [5, 5.41) is 8.30. The van der Waals surface area contributed by atoms with E-state index < -0.39 is 12.9 Å². The molecule has 3 nitrogen and oxygen atoms in total. The monoisotopic (exact) mass is 140 g/mol. The molecule has 0 bridgehead atoms. The van der Waals surface area contributed by atoms with Crippen molar-refractivity contribution in [1.82, 2.24) is 0 Å². The molecule has 0 heterocycles. The molecule has 0 aromatic carbocycles. The molecule has 0 aliphatic heterocycles. The van der Waals surface area contributed by atoms with E-state index in [1.54, 1.807) is 18.2 Å². The Morgan fingerprint density at radius 2 is 2.40 bits per heavy atom. The highest BCUT2D eigenvalue weighted by atomic mass is 16.6.